The first-order valence-electron chi connectivity index (χ1n) is 4.99. The molecule has 0 amide bonds. The standard InChI is InChI=1S/C14H13N/c1-3-11(2)8-14-9-12-6-4-5-7-13(12)10-15-14/h4-7,9-10H,1,8H2,2H3. The molecule has 0 N–H and O–H groups in total. The Labute approximate surface area is 89.8 Å². The van der Waals surface area contributed by atoms with Crippen LogP contribution in [0, 0.1) is 0 Å². The molecule has 0 aliphatic rings. The smallest absolute Gasteiger partial charge is 0.0456 e. The van der Waals surface area contributed by atoms with Crippen molar-refractivity contribution in [2.45, 2.75) is 13.3 Å². The number of fused-ring (bicyclic) bond motifs is 1. The summed E-state index contributed by atoms with van der Waals surface area (Å²) in [5.41, 5.74) is 5.08. The van der Waals surface area contributed by atoms with Crippen molar-refractivity contribution < 1.29 is 0 Å². The van der Waals surface area contributed by atoms with Gasteiger partial charge >= 0.3 is 0 Å². The Kier molecular flexibility index (Phi) is 2.66. The molecule has 74 valence electrons. The minimum Gasteiger partial charge on any atom is -0.260 e. The lowest BCUT2D eigenvalue weighted by atomic mass is 10.1. The first-order valence-corrected chi connectivity index (χ1v) is 4.99. The molecule has 1 aromatic heterocycles. The van der Waals surface area contributed by atoms with Crippen LogP contribution in [0.2, 0.25) is 0 Å². The van der Waals surface area contributed by atoms with E-state index in [0.29, 0.717) is 0 Å². The lowest BCUT2D eigenvalue weighted by Crippen LogP contribution is -1.90. The monoisotopic (exact) mass is 195 g/mol. The van der Waals surface area contributed by atoms with Gasteiger partial charge in [0, 0.05) is 23.7 Å². The molecule has 2 rings (SSSR count). The molecule has 0 radical (unpaired) electrons. The second kappa shape index (κ2) is 4.12. The fourth-order valence-electron chi connectivity index (χ4n) is 1.56. The fraction of sp³-hybridized carbons (Fsp3) is 0.143. The second-order valence-corrected chi connectivity index (χ2v) is 3.66. The van der Waals surface area contributed by atoms with E-state index in [1.807, 2.05) is 25.3 Å². The van der Waals surface area contributed by atoms with Crippen LogP contribution in [0.15, 0.2) is 54.4 Å². The maximum Gasteiger partial charge on any atom is 0.0456 e. The molecule has 2 aromatic rings. The van der Waals surface area contributed by atoms with Crippen LogP contribution >= 0.6 is 0 Å². The molecule has 0 saturated carbocycles. The van der Waals surface area contributed by atoms with E-state index in [0.717, 1.165) is 17.7 Å². The molecule has 0 aliphatic heterocycles. The lowest BCUT2D eigenvalue weighted by Gasteiger charge is -2.01. The SMILES string of the molecule is C=C=C(C)Cc1cc2ccccc2cn1. The van der Waals surface area contributed by atoms with E-state index in [9.17, 15) is 0 Å². The zero-order valence-corrected chi connectivity index (χ0v) is 8.83. The third kappa shape index (κ3) is 2.15. The van der Waals surface area contributed by atoms with Crippen LogP contribution in [0.25, 0.3) is 10.8 Å². The van der Waals surface area contributed by atoms with Crippen LogP contribution in [-0.2, 0) is 6.42 Å². The first kappa shape index (κ1) is 9.70. The van der Waals surface area contributed by atoms with Crippen molar-refractivity contribution in [1.82, 2.24) is 4.98 Å². The van der Waals surface area contributed by atoms with Crippen LogP contribution in [0.3, 0.4) is 0 Å². The van der Waals surface area contributed by atoms with E-state index in [2.05, 4.69) is 35.5 Å². The van der Waals surface area contributed by atoms with Gasteiger partial charge in [0.1, 0.15) is 0 Å². The molecule has 1 heteroatoms. The van der Waals surface area contributed by atoms with Gasteiger partial charge in [0.25, 0.3) is 0 Å². The lowest BCUT2D eigenvalue weighted by molar-refractivity contribution is 1.06. The average Bonchev–Trinajstić information content (AvgIpc) is 2.29. The number of nitrogens with zero attached hydrogens (tertiary/aromatic N) is 1. The van der Waals surface area contributed by atoms with Crippen molar-refractivity contribution in [2.75, 3.05) is 0 Å². The van der Waals surface area contributed by atoms with Crippen molar-refractivity contribution in [2.24, 2.45) is 0 Å². The van der Waals surface area contributed by atoms with Gasteiger partial charge in [-0.1, -0.05) is 30.8 Å². The number of hydrogen-bond donors (Lipinski definition) is 0. The molecule has 1 aromatic carbocycles. The van der Waals surface area contributed by atoms with Gasteiger partial charge in [-0.2, -0.15) is 0 Å². The predicted octanol–water partition coefficient (Wildman–Crippen LogP) is 3.51. The van der Waals surface area contributed by atoms with Gasteiger partial charge in [0.15, 0.2) is 0 Å². The Hall–Kier alpha value is -1.85. The molecule has 0 fully saturated rings. The number of pyridine rings is 1. The number of hydrogen-bond acceptors (Lipinski definition) is 1. The molecule has 1 nitrogen and oxygen atoms in total. The van der Waals surface area contributed by atoms with Crippen molar-refractivity contribution in [1.29, 1.82) is 0 Å². The highest BCUT2D eigenvalue weighted by Gasteiger charge is 1.98. The first-order chi connectivity index (χ1) is 7.29. The maximum absolute atomic E-state index is 4.41. The van der Waals surface area contributed by atoms with Gasteiger partial charge in [-0.3, -0.25) is 4.98 Å². The molecular weight excluding hydrogens is 182 g/mol. The summed E-state index contributed by atoms with van der Waals surface area (Å²) in [7, 11) is 0. The van der Waals surface area contributed by atoms with Gasteiger partial charge < -0.3 is 0 Å². The average molecular weight is 195 g/mol. The maximum atomic E-state index is 4.41. The Morgan fingerprint density at radius 3 is 2.80 bits per heavy atom. The normalized spacial score (nSPS) is 9.93. The molecule has 15 heavy (non-hydrogen) atoms. The van der Waals surface area contributed by atoms with E-state index in [-0.39, 0.29) is 0 Å². The number of allylic oxidation sites excluding steroid dienone is 1. The Bertz CT molecular complexity index is 534. The van der Waals surface area contributed by atoms with Crippen LogP contribution < -0.4 is 0 Å². The van der Waals surface area contributed by atoms with Gasteiger partial charge in [-0.25, -0.2) is 0 Å². The Balaban J connectivity index is 2.43. The Morgan fingerprint density at radius 2 is 2.07 bits per heavy atom. The summed E-state index contributed by atoms with van der Waals surface area (Å²) < 4.78 is 0. The summed E-state index contributed by atoms with van der Waals surface area (Å²) in [4.78, 5) is 4.41. The van der Waals surface area contributed by atoms with Crippen molar-refractivity contribution >= 4 is 10.8 Å². The molecule has 0 bridgehead atoms. The number of rotatable bonds is 2. The quantitative estimate of drug-likeness (QED) is 0.668. The summed E-state index contributed by atoms with van der Waals surface area (Å²) in [6.45, 7) is 5.65. The summed E-state index contributed by atoms with van der Waals surface area (Å²) in [6, 6.07) is 10.4. The Morgan fingerprint density at radius 1 is 1.33 bits per heavy atom. The van der Waals surface area contributed by atoms with E-state index in [1.54, 1.807) is 0 Å². The fourth-order valence-corrected chi connectivity index (χ4v) is 1.56. The minimum atomic E-state index is 0.828. The van der Waals surface area contributed by atoms with Crippen molar-refractivity contribution in [3.05, 3.63) is 60.1 Å². The predicted molar refractivity (Wildman–Crippen MR) is 63.8 cm³/mol. The molecule has 0 unspecified atom stereocenters. The van der Waals surface area contributed by atoms with Gasteiger partial charge in [0.2, 0.25) is 0 Å². The van der Waals surface area contributed by atoms with Crippen molar-refractivity contribution in [3.8, 4) is 0 Å². The summed E-state index contributed by atoms with van der Waals surface area (Å²) >= 11 is 0. The molecule has 0 spiro atoms. The van der Waals surface area contributed by atoms with E-state index in [4.69, 9.17) is 0 Å². The molecule has 1 heterocycles. The third-order valence-electron chi connectivity index (χ3n) is 2.44. The minimum absolute atomic E-state index is 0.828. The van der Waals surface area contributed by atoms with Crippen LogP contribution in [0.1, 0.15) is 12.6 Å². The zero-order valence-electron chi connectivity index (χ0n) is 8.83. The number of benzene rings is 1. The highest BCUT2D eigenvalue weighted by atomic mass is 14.7. The van der Waals surface area contributed by atoms with Crippen LogP contribution in [0.5, 0.6) is 0 Å². The highest BCUT2D eigenvalue weighted by molar-refractivity contribution is 5.81. The largest absolute Gasteiger partial charge is 0.260 e. The highest BCUT2D eigenvalue weighted by Crippen LogP contribution is 2.14. The zero-order chi connectivity index (χ0) is 10.7. The van der Waals surface area contributed by atoms with Crippen LogP contribution in [-0.4, -0.2) is 4.98 Å². The third-order valence-corrected chi connectivity index (χ3v) is 2.44. The van der Waals surface area contributed by atoms with Gasteiger partial charge in [-0.15, -0.1) is 5.73 Å². The topological polar surface area (TPSA) is 12.9 Å². The van der Waals surface area contributed by atoms with Gasteiger partial charge in [0.05, 0.1) is 0 Å². The van der Waals surface area contributed by atoms with E-state index >= 15 is 0 Å². The molecule has 0 saturated heterocycles. The van der Waals surface area contributed by atoms with Gasteiger partial charge in [-0.05, 0) is 23.9 Å². The second-order valence-electron chi connectivity index (χ2n) is 3.66. The van der Waals surface area contributed by atoms with E-state index in [1.165, 1.54) is 10.8 Å². The summed E-state index contributed by atoms with van der Waals surface area (Å²) in [6.07, 6.45) is 2.75. The summed E-state index contributed by atoms with van der Waals surface area (Å²) in [5, 5.41) is 2.42. The number of aromatic nitrogens is 1. The molecular formula is C14H13N. The van der Waals surface area contributed by atoms with E-state index < -0.39 is 0 Å². The van der Waals surface area contributed by atoms with Crippen LogP contribution in [0.4, 0.5) is 0 Å². The molecule has 0 aliphatic carbocycles. The van der Waals surface area contributed by atoms with Crippen molar-refractivity contribution in [3.63, 3.8) is 0 Å². The summed E-state index contributed by atoms with van der Waals surface area (Å²) in [5.74, 6) is 0. The molecule has 0 atom stereocenters.